The molecule has 1 heterocycles. The summed E-state index contributed by atoms with van der Waals surface area (Å²) >= 11 is 0. The summed E-state index contributed by atoms with van der Waals surface area (Å²) in [4.78, 5) is 14.2. The van der Waals surface area contributed by atoms with Crippen LogP contribution in [0.15, 0.2) is 48.5 Å². The number of rotatable bonds is 2. The summed E-state index contributed by atoms with van der Waals surface area (Å²) in [5.74, 6) is 0.661. The fourth-order valence-electron chi connectivity index (χ4n) is 2.72. The van der Waals surface area contributed by atoms with E-state index in [0.29, 0.717) is 11.3 Å². The summed E-state index contributed by atoms with van der Waals surface area (Å²) in [5, 5.41) is 0. The number of carbonyl (C=O) groups excluding carboxylic acids is 1. The average Bonchev–Trinajstić information content (AvgIpc) is 2.72. The largest absolute Gasteiger partial charge is 0.496 e. The van der Waals surface area contributed by atoms with E-state index in [1.807, 2.05) is 55.6 Å². The van der Waals surface area contributed by atoms with Crippen molar-refractivity contribution in [3.63, 3.8) is 0 Å². The van der Waals surface area contributed by atoms with E-state index >= 15 is 0 Å². The van der Waals surface area contributed by atoms with Crippen molar-refractivity contribution < 1.29 is 9.53 Å². The SMILES string of the molecule is COc1cccc2c1C(=O)N(C)C2c1ccccc1. The molecule has 1 aliphatic rings. The first-order valence-corrected chi connectivity index (χ1v) is 6.23. The number of carbonyl (C=O) groups is 1. The van der Waals surface area contributed by atoms with Crippen LogP contribution in [0.3, 0.4) is 0 Å². The summed E-state index contributed by atoms with van der Waals surface area (Å²) in [6.07, 6.45) is 0. The molecule has 0 bridgehead atoms. The Morgan fingerprint density at radius 2 is 1.79 bits per heavy atom. The highest BCUT2D eigenvalue weighted by molar-refractivity contribution is 6.02. The van der Waals surface area contributed by atoms with Crippen molar-refractivity contribution >= 4 is 5.91 Å². The molecule has 0 N–H and O–H groups in total. The van der Waals surface area contributed by atoms with Gasteiger partial charge in [-0.1, -0.05) is 42.5 Å². The fourth-order valence-corrected chi connectivity index (χ4v) is 2.72. The van der Waals surface area contributed by atoms with Gasteiger partial charge in [0, 0.05) is 7.05 Å². The van der Waals surface area contributed by atoms with Crippen LogP contribution in [0.2, 0.25) is 0 Å². The Morgan fingerprint density at radius 3 is 2.47 bits per heavy atom. The molecule has 0 saturated heterocycles. The zero-order valence-corrected chi connectivity index (χ0v) is 11.0. The number of benzene rings is 2. The molecule has 0 aliphatic carbocycles. The van der Waals surface area contributed by atoms with Crippen LogP contribution in [0.25, 0.3) is 0 Å². The molecule has 2 aromatic carbocycles. The molecule has 3 nitrogen and oxygen atoms in total. The van der Waals surface area contributed by atoms with Gasteiger partial charge < -0.3 is 9.64 Å². The standard InChI is InChI=1S/C16H15NO2/c1-17-15(11-7-4-3-5-8-11)12-9-6-10-13(19-2)14(12)16(17)18/h3-10,15H,1-2H3. The topological polar surface area (TPSA) is 29.5 Å². The maximum atomic E-state index is 12.4. The highest BCUT2D eigenvalue weighted by Gasteiger charge is 2.37. The quantitative estimate of drug-likeness (QED) is 0.823. The Balaban J connectivity index is 2.19. The minimum Gasteiger partial charge on any atom is -0.496 e. The molecule has 1 amide bonds. The third-order valence-electron chi connectivity index (χ3n) is 3.61. The van der Waals surface area contributed by atoms with Crippen LogP contribution in [0.1, 0.15) is 27.5 Å². The number of ether oxygens (including phenoxy) is 1. The number of methoxy groups -OCH3 is 1. The van der Waals surface area contributed by atoms with E-state index in [1.54, 1.807) is 12.0 Å². The van der Waals surface area contributed by atoms with Gasteiger partial charge in [-0.25, -0.2) is 0 Å². The zero-order chi connectivity index (χ0) is 13.4. The first-order valence-electron chi connectivity index (χ1n) is 6.23. The Kier molecular flexibility index (Phi) is 2.75. The van der Waals surface area contributed by atoms with E-state index in [2.05, 4.69) is 0 Å². The second kappa shape index (κ2) is 4.43. The van der Waals surface area contributed by atoms with Crippen molar-refractivity contribution in [1.29, 1.82) is 0 Å². The van der Waals surface area contributed by atoms with Gasteiger partial charge in [-0.05, 0) is 17.2 Å². The molecule has 0 fully saturated rings. The normalized spacial score (nSPS) is 17.5. The molecular formula is C16H15NO2. The Labute approximate surface area is 112 Å². The molecule has 0 spiro atoms. The van der Waals surface area contributed by atoms with Crippen molar-refractivity contribution in [1.82, 2.24) is 4.90 Å². The maximum absolute atomic E-state index is 12.4. The summed E-state index contributed by atoms with van der Waals surface area (Å²) in [7, 11) is 3.43. The summed E-state index contributed by atoms with van der Waals surface area (Å²) in [5.41, 5.74) is 2.81. The van der Waals surface area contributed by atoms with Gasteiger partial charge in [-0.3, -0.25) is 4.79 Å². The van der Waals surface area contributed by atoms with Crippen molar-refractivity contribution in [2.75, 3.05) is 14.2 Å². The third kappa shape index (κ3) is 1.70. The number of fused-ring (bicyclic) bond motifs is 1. The lowest BCUT2D eigenvalue weighted by molar-refractivity contribution is 0.0791. The molecule has 0 radical (unpaired) electrons. The van der Waals surface area contributed by atoms with Gasteiger partial charge in [-0.2, -0.15) is 0 Å². The van der Waals surface area contributed by atoms with Gasteiger partial charge in [0.2, 0.25) is 0 Å². The maximum Gasteiger partial charge on any atom is 0.258 e. The summed E-state index contributed by atoms with van der Waals surface area (Å²) in [6.45, 7) is 0. The molecule has 19 heavy (non-hydrogen) atoms. The van der Waals surface area contributed by atoms with E-state index < -0.39 is 0 Å². The van der Waals surface area contributed by atoms with Crippen LogP contribution in [0.5, 0.6) is 5.75 Å². The average molecular weight is 253 g/mol. The van der Waals surface area contributed by atoms with Gasteiger partial charge >= 0.3 is 0 Å². The van der Waals surface area contributed by atoms with Crippen molar-refractivity contribution in [2.45, 2.75) is 6.04 Å². The van der Waals surface area contributed by atoms with Gasteiger partial charge in [0.1, 0.15) is 5.75 Å². The minimum atomic E-state index is -0.0289. The van der Waals surface area contributed by atoms with E-state index in [0.717, 1.165) is 11.1 Å². The molecule has 2 aromatic rings. The third-order valence-corrected chi connectivity index (χ3v) is 3.61. The Bertz CT molecular complexity index is 622. The minimum absolute atomic E-state index is 0.0151. The number of nitrogens with zero attached hydrogens (tertiary/aromatic N) is 1. The predicted molar refractivity (Wildman–Crippen MR) is 73.4 cm³/mol. The second-order valence-electron chi connectivity index (χ2n) is 4.65. The first-order chi connectivity index (χ1) is 9.24. The van der Waals surface area contributed by atoms with Crippen LogP contribution in [-0.4, -0.2) is 25.0 Å². The van der Waals surface area contributed by atoms with E-state index in [1.165, 1.54) is 0 Å². The molecule has 1 unspecified atom stereocenters. The molecule has 1 atom stereocenters. The van der Waals surface area contributed by atoms with Crippen LogP contribution < -0.4 is 4.74 Å². The molecule has 0 aromatic heterocycles. The zero-order valence-electron chi connectivity index (χ0n) is 11.0. The smallest absolute Gasteiger partial charge is 0.258 e. The van der Waals surface area contributed by atoms with Crippen molar-refractivity contribution in [3.05, 3.63) is 65.2 Å². The van der Waals surface area contributed by atoms with Crippen LogP contribution in [-0.2, 0) is 0 Å². The highest BCUT2D eigenvalue weighted by atomic mass is 16.5. The van der Waals surface area contributed by atoms with Crippen LogP contribution >= 0.6 is 0 Å². The van der Waals surface area contributed by atoms with Gasteiger partial charge in [0.05, 0.1) is 18.7 Å². The molecule has 96 valence electrons. The van der Waals surface area contributed by atoms with Gasteiger partial charge in [-0.15, -0.1) is 0 Å². The van der Waals surface area contributed by atoms with Gasteiger partial charge in [0.15, 0.2) is 0 Å². The Morgan fingerprint density at radius 1 is 1.05 bits per heavy atom. The molecule has 1 aliphatic heterocycles. The lowest BCUT2D eigenvalue weighted by atomic mass is 9.98. The fraction of sp³-hybridized carbons (Fsp3) is 0.188. The van der Waals surface area contributed by atoms with Crippen LogP contribution in [0.4, 0.5) is 0 Å². The predicted octanol–water partition coefficient (Wildman–Crippen LogP) is 2.87. The molecule has 3 heteroatoms. The lowest BCUT2D eigenvalue weighted by Gasteiger charge is -2.20. The van der Waals surface area contributed by atoms with E-state index in [4.69, 9.17) is 4.74 Å². The van der Waals surface area contributed by atoms with E-state index in [-0.39, 0.29) is 11.9 Å². The Hall–Kier alpha value is -2.29. The van der Waals surface area contributed by atoms with Crippen molar-refractivity contribution in [2.24, 2.45) is 0 Å². The molecule has 0 saturated carbocycles. The second-order valence-corrected chi connectivity index (χ2v) is 4.65. The highest BCUT2D eigenvalue weighted by Crippen LogP contribution is 2.40. The van der Waals surface area contributed by atoms with Crippen LogP contribution in [0, 0.1) is 0 Å². The summed E-state index contributed by atoms with van der Waals surface area (Å²) < 4.78 is 5.31. The van der Waals surface area contributed by atoms with E-state index in [9.17, 15) is 4.79 Å². The number of hydrogen-bond acceptors (Lipinski definition) is 2. The van der Waals surface area contributed by atoms with Crippen molar-refractivity contribution in [3.8, 4) is 5.75 Å². The first kappa shape index (κ1) is 11.8. The molecule has 3 rings (SSSR count). The number of amides is 1. The van der Waals surface area contributed by atoms with Gasteiger partial charge in [0.25, 0.3) is 5.91 Å². The lowest BCUT2D eigenvalue weighted by Crippen LogP contribution is -2.23. The molecular weight excluding hydrogens is 238 g/mol. The monoisotopic (exact) mass is 253 g/mol. The number of hydrogen-bond donors (Lipinski definition) is 0. The summed E-state index contributed by atoms with van der Waals surface area (Å²) in [6, 6.07) is 15.8.